The second-order valence-corrected chi connectivity index (χ2v) is 38.7. The van der Waals surface area contributed by atoms with Crippen LogP contribution >= 0.6 is 15.9 Å². The smallest absolute Gasteiger partial charge is 0.443 e. The van der Waals surface area contributed by atoms with Gasteiger partial charge in [-0.2, -0.15) is 9.80 Å². The van der Waals surface area contributed by atoms with Crippen LogP contribution in [0.3, 0.4) is 0 Å². The SMILES string of the molecule is C.CC(C)(C)OC(=O)N(C(=O)OC(C)(C)C)C1=N[C@](C)(c2cc(B3OC(C)(C)C(C)(C)O3)ccc2F)CS(=O)(=O)C1(C)C.CC(C)(C)OC(=O)N(C(=O)OC(C)(C)C)C1=N[C@](C)(c2cc(Br)ccc2F)CS(=O)(=O)C1(C)C.CC1(C)OB(B2OC(C)(C)C(C)(C)O2)OC1(C)C. The van der Waals surface area contributed by atoms with E-state index in [1.54, 1.807) is 83.1 Å². The average molecular weight is 1440 g/mol. The standard InChI is InChI=1S/C29H44BFN2O8S.C23H32BrFN2O6S.C12H24B2O4.CH4/c1-24(2,3)38-22(34)33(23(35)39-25(4,5)6)21-26(7,8)42(36,37)17-29(13,32-21)19-16-18(14-15-20(19)31)30-40-27(9,10)28(11,12)41-30;1-20(2,3)32-18(28)27(19(29)33-21(4,5)6)17-22(7,8)34(30,31)13-23(9,26-17)15-12-14(24)10-11-16(15)25;1-9(2)10(3,4)16-13(15-9)14-17-11(5,6)12(7,8)18-14;/h14-16H,17H2,1-13H3;10-12H,13H2,1-9H3;1-8H3;1H4/t29-;23-;;/m00../s1. The van der Waals surface area contributed by atoms with Crippen molar-refractivity contribution in [3.05, 3.63) is 63.6 Å². The number of amidine groups is 2. The number of hydrogen-bond acceptors (Lipinski definition) is 20. The van der Waals surface area contributed by atoms with Gasteiger partial charge in [0, 0.05) is 15.6 Å². The molecule has 30 heteroatoms. The molecule has 2 aromatic rings. The van der Waals surface area contributed by atoms with Crippen LogP contribution in [0.1, 0.15) is 226 Å². The van der Waals surface area contributed by atoms with Crippen molar-refractivity contribution < 1.29 is 91.7 Å². The van der Waals surface area contributed by atoms with Crippen molar-refractivity contribution in [2.24, 2.45) is 9.98 Å². The van der Waals surface area contributed by atoms with Gasteiger partial charge in [0.05, 0.1) is 45.1 Å². The number of hydrogen-bond donors (Lipinski definition) is 0. The molecule has 95 heavy (non-hydrogen) atoms. The molecule has 0 aliphatic carbocycles. The normalized spacial score (nSPS) is 24.7. The maximum absolute atomic E-state index is 15.6. The molecule has 0 saturated carbocycles. The number of carbonyl (C=O) groups excluding carboxylic acids is 4. The lowest BCUT2D eigenvalue weighted by molar-refractivity contribution is 0.00578. The Hall–Kier alpha value is -4.55. The van der Waals surface area contributed by atoms with Gasteiger partial charge in [0.1, 0.15) is 66.3 Å². The fourth-order valence-corrected chi connectivity index (χ4v) is 13.6. The maximum Gasteiger partial charge on any atom is 0.494 e. The molecule has 7 rings (SSSR count). The second-order valence-electron chi connectivity index (χ2n) is 32.8. The monoisotopic (exact) mass is 1440 g/mol. The van der Waals surface area contributed by atoms with Crippen LogP contribution in [-0.2, 0) is 77.6 Å². The molecule has 0 radical (unpaired) electrons. The molecule has 3 fully saturated rings. The Morgan fingerprint density at radius 3 is 0.979 bits per heavy atom. The van der Waals surface area contributed by atoms with Gasteiger partial charge in [-0.25, -0.2) is 44.8 Å². The molecule has 5 aliphatic rings. The van der Waals surface area contributed by atoms with Crippen molar-refractivity contribution in [1.29, 1.82) is 0 Å². The zero-order valence-electron chi connectivity index (χ0n) is 60.7. The number of carbonyl (C=O) groups is 4. The van der Waals surface area contributed by atoms with Crippen LogP contribution in [0.4, 0.5) is 28.0 Å². The van der Waals surface area contributed by atoms with Gasteiger partial charge in [0.2, 0.25) is 0 Å². The number of nitrogens with zero attached hydrogens (tertiary/aromatic N) is 4. The number of halogens is 3. The highest BCUT2D eigenvalue weighted by Crippen LogP contribution is 2.46. The quantitative estimate of drug-likeness (QED) is 0.203. The van der Waals surface area contributed by atoms with Gasteiger partial charge in [-0.15, -0.1) is 0 Å². The van der Waals surface area contributed by atoms with Crippen molar-refractivity contribution in [2.45, 2.75) is 292 Å². The third kappa shape index (κ3) is 18.1. The Morgan fingerprint density at radius 2 is 0.705 bits per heavy atom. The minimum absolute atomic E-state index is 0. The van der Waals surface area contributed by atoms with Crippen LogP contribution in [0.25, 0.3) is 0 Å². The first-order chi connectivity index (χ1) is 41.6. The zero-order chi connectivity index (χ0) is 73.0. The molecule has 5 aliphatic heterocycles. The van der Waals surface area contributed by atoms with E-state index in [1.165, 1.54) is 77.9 Å². The van der Waals surface area contributed by atoms with Crippen molar-refractivity contribution >= 4 is 98.2 Å². The lowest BCUT2D eigenvalue weighted by atomic mass is 9.49. The minimum Gasteiger partial charge on any atom is -0.443 e. The van der Waals surface area contributed by atoms with E-state index in [1.807, 2.05) is 83.1 Å². The van der Waals surface area contributed by atoms with E-state index in [-0.39, 0.29) is 41.0 Å². The summed E-state index contributed by atoms with van der Waals surface area (Å²) in [5.41, 5.74) is -9.87. The predicted octanol–water partition coefficient (Wildman–Crippen LogP) is 13.6. The molecule has 2 atom stereocenters. The molecule has 5 heterocycles. The number of imide groups is 2. The second kappa shape index (κ2) is 26.5. The van der Waals surface area contributed by atoms with Crippen molar-refractivity contribution in [2.75, 3.05) is 11.5 Å². The Balaban J connectivity index is 0.000000324. The first-order valence-corrected chi connectivity index (χ1v) is 35.2. The van der Waals surface area contributed by atoms with Gasteiger partial charge in [0.15, 0.2) is 19.7 Å². The van der Waals surface area contributed by atoms with Gasteiger partial charge in [-0.05, 0) is 237 Å². The molecule has 2 aromatic carbocycles. The lowest BCUT2D eigenvalue weighted by Gasteiger charge is -2.42. The van der Waals surface area contributed by atoms with E-state index in [0.29, 0.717) is 19.7 Å². The number of sulfone groups is 2. The van der Waals surface area contributed by atoms with Crippen LogP contribution in [0.15, 0.2) is 50.9 Å². The van der Waals surface area contributed by atoms with E-state index in [0.717, 1.165) is 0 Å². The molecule has 22 nitrogen and oxygen atoms in total. The highest BCUT2D eigenvalue weighted by atomic mass is 79.9. The molecule has 534 valence electrons. The van der Waals surface area contributed by atoms with Crippen LogP contribution in [0, 0.1) is 11.6 Å². The molecule has 0 N–H and O–H groups in total. The predicted molar refractivity (Wildman–Crippen MR) is 369 cm³/mol. The summed E-state index contributed by atoms with van der Waals surface area (Å²) in [4.78, 5) is 63.5. The van der Waals surface area contributed by atoms with Gasteiger partial charge >= 0.3 is 45.5 Å². The molecule has 4 amide bonds. The van der Waals surface area contributed by atoms with Gasteiger partial charge < -0.3 is 46.9 Å². The minimum atomic E-state index is -4.17. The molecule has 0 unspecified atom stereocenters. The Morgan fingerprint density at radius 1 is 0.453 bits per heavy atom. The summed E-state index contributed by atoms with van der Waals surface area (Å²) in [6.07, 6.45) is -4.64. The number of ether oxygens (including phenoxy) is 4. The fourth-order valence-electron chi connectivity index (χ4n) is 9.81. The summed E-state index contributed by atoms with van der Waals surface area (Å²) in [5, 5.41) is 0. The summed E-state index contributed by atoms with van der Waals surface area (Å²) in [5.74, 6) is -3.40. The lowest BCUT2D eigenvalue weighted by Crippen LogP contribution is -2.61. The molecule has 0 spiro atoms. The van der Waals surface area contributed by atoms with Gasteiger partial charge in [0.25, 0.3) is 0 Å². The van der Waals surface area contributed by atoms with Crippen LogP contribution in [0.2, 0.25) is 0 Å². The van der Waals surface area contributed by atoms with Gasteiger partial charge in [-0.1, -0.05) is 35.5 Å². The largest absolute Gasteiger partial charge is 0.494 e. The summed E-state index contributed by atoms with van der Waals surface area (Å²) in [6, 6.07) is 8.24. The van der Waals surface area contributed by atoms with Crippen LogP contribution < -0.4 is 5.46 Å². The van der Waals surface area contributed by atoms with Crippen molar-refractivity contribution in [3.63, 3.8) is 0 Å². The topological polar surface area (TPSA) is 260 Å². The Bertz CT molecular complexity index is 3440. The highest BCUT2D eigenvalue weighted by Gasteiger charge is 2.64. The third-order valence-corrected chi connectivity index (χ3v) is 23.2. The Labute approximate surface area is 573 Å². The van der Waals surface area contributed by atoms with E-state index >= 15 is 4.39 Å². The molecule has 0 aromatic heterocycles. The number of rotatable bonds is 4. The van der Waals surface area contributed by atoms with E-state index in [9.17, 15) is 40.4 Å². The van der Waals surface area contributed by atoms with E-state index in [2.05, 4.69) is 25.9 Å². The maximum atomic E-state index is 15.6. The van der Waals surface area contributed by atoms with Crippen LogP contribution in [0.5, 0.6) is 0 Å². The molecule has 0 bridgehead atoms. The number of aliphatic imine (C=N–C) groups is 2. The third-order valence-electron chi connectivity index (χ3n) is 17.4. The van der Waals surface area contributed by atoms with Gasteiger partial charge in [-0.3, -0.25) is 9.98 Å². The highest BCUT2D eigenvalue weighted by molar-refractivity contribution is 9.10. The number of amides is 4. The summed E-state index contributed by atoms with van der Waals surface area (Å²) in [7, 11) is -10.0. The van der Waals surface area contributed by atoms with E-state index in [4.69, 9.17) is 46.9 Å². The zero-order valence-corrected chi connectivity index (χ0v) is 63.9. The summed E-state index contributed by atoms with van der Waals surface area (Å²) in [6.45, 7) is 51.2. The first kappa shape index (κ1) is 82.9. The molecular formula is C65H104B3BrF2N4O18S2. The molecule has 3 saturated heterocycles. The molecular weight excluding hydrogens is 1340 g/mol. The van der Waals surface area contributed by atoms with Crippen molar-refractivity contribution in [3.8, 4) is 0 Å². The Kier molecular flexibility index (Phi) is 23.1. The summed E-state index contributed by atoms with van der Waals surface area (Å²) >= 11 is 3.27. The van der Waals surface area contributed by atoms with Crippen LogP contribution in [-0.4, -0.2) is 161 Å². The summed E-state index contributed by atoms with van der Waals surface area (Å²) < 4.78 is 140. The number of benzene rings is 2. The van der Waals surface area contributed by atoms with E-state index < -0.39 is 154 Å². The average Bonchev–Trinajstić information content (AvgIpc) is 1.63. The first-order valence-electron chi connectivity index (χ1n) is 31.1. The fraction of sp³-hybridized carbons (Fsp3) is 0.723. The van der Waals surface area contributed by atoms with Crippen molar-refractivity contribution in [1.82, 2.24) is 9.80 Å².